The van der Waals surface area contributed by atoms with Gasteiger partial charge in [0.25, 0.3) is 10.2 Å². The number of hydrogen-bond donors (Lipinski definition) is 2. The summed E-state index contributed by atoms with van der Waals surface area (Å²) in [5, 5.41) is 3.30. The predicted octanol–water partition coefficient (Wildman–Crippen LogP) is -0.442. The number of rotatable bonds is 7. The molecular weight excluding hydrogens is 294 g/mol. The van der Waals surface area contributed by atoms with Crippen molar-refractivity contribution in [1.29, 1.82) is 0 Å². The largest absolute Gasteiger partial charge is 0.376 e. The molecule has 8 heteroatoms. The molecule has 2 saturated heterocycles. The Balaban J connectivity index is 1.80. The maximum Gasteiger partial charge on any atom is 0.279 e. The standard InChI is InChI=1S/C13H27N3O4S/c1-2-14-8-12-4-3-5-16(10-12)21(17,18)15-9-13-11-19-6-7-20-13/h12-15H,2-11H2,1H3. The van der Waals surface area contributed by atoms with E-state index in [-0.39, 0.29) is 12.6 Å². The topological polar surface area (TPSA) is 79.9 Å². The monoisotopic (exact) mass is 321 g/mol. The van der Waals surface area contributed by atoms with Gasteiger partial charge in [-0.25, -0.2) is 0 Å². The number of ether oxygens (including phenoxy) is 2. The summed E-state index contributed by atoms with van der Waals surface area (Å²) in [5.41, 5.74) is 0. The molecule has 2 unspecified atom stereocenters. The normalized spacial score (nSPS) is 28.6. The quantitative estimate of drug-likeness (QED) is 0.664. The van der Waals surface area contributed by atoms with Crippen LogP contribution in [0.15, 0.2) is 0 Å². The van der Waals surface area contributed by atoms with Crippen molar-refractivity contribution in [2.24, 2.45) is 5.92 Å². The van der Waals surface area contributed by atoms with Gasteiger partial charge in [-0.2, -0.15) is 17.4 Å². The SMILES string of the molecule is CCNCC1CCCN(S(=O)(=O)NCC2COCCO2)C1. The maximum absolute atomic E-state index is 12.3. The van der Waals surface area contributed by atoms with Crippen LogP contribution in [0.25, 0.3) is 0 Å². The van der Waals surface area contributed by atoms with E-state index in [9.17, 15) is 8.42 Å². The van der Waals surface area contributed by atoms with Gasteiger partial charge in [0, 0.05) is 19.6 Å². The Labute approximate surface area is 127 Å². The molecule has 0 amide bonds. The molecule has 2 N–H and O–H groups in total. The first kappa shape index (κ1) is 17.1. The van der Waals surface area contributed by atoms with Crippen molar-refractivity contribution < 1.29 is 17.9 Å². The lowest BCUT2D eigenvalue weighted by Gasteiger charge is -2.32. The van der Waals surface area contributed by atoms with Crippen molar-refractivity contribution in [2.45, 2.75) is 25.9 Å². The zero-order valence-electron chi connectivity index (χ0n) is 12.7. The van der Waals surface area contributed by atoms with Crippen LogP contribution in [-0.2, 0) is 19.7 Å². The minimum absolute atomic E-state index is 0.184. The van der Waals surface area contributed by atoms with E-state index in [1.165, 1.54) is 0 Å². The summed E-state index contributed by atoms with van der Waals surface area (Å²) in [6, 6.07) is 0. The number of hydrogen-bond acceptors (Lipinski definition) is 5. The molecule has 2 atom stereocenters. The second-order valence-corrected chi connectivity index (χ2v) is 7.35. The third-order valence-corrected chi connectivity index (χ3v) is 5.43. The van der Waals surface area contributed by atoms with Gasteiger partial charge in [0.05, 0.1) is 25.9 Å². The highest BCUT2D eigenvalue weighted by Gasteiger charge is 2.29. The Bertz CT molecular complexity index is 398. The molecule has 0 aliphatic carbocycles. The lowest BCUT2D eigenvalue weighted by atomic mass is 10.00. The summed E-state index contributed by atoms with van der Waals surface area (Å²) >= 11 is 0. The predicted molar refractivity (Wildman–Crippen MR) is 80.3 cm³/mol. The number of nitrogens with zero attached hydrogens (tertiary/aromatic N) is 1. The van der Waals surface area contributed by atoms with Crippen molar-refractivity contribution in [2.75, 3.05) is 52.5 Å². The summed E-state index contributed by atoms with van der Waals surface area (Å²) in [6.07, 6.45) is 1.81. The van der Waals surface area contributed by atoms with Crippen LogP contribution in [0.5, 0.6) is 0 Å². The van der Waals surface area contributed by atoms with Crippen LogP contribution in [-0.4, -0.2) is 71.4 Å². The Hall–Kier alpha value is -0.250. The second-order valence-electron chi connectivity index (χ2n) is 5.60. The van der Waals surface area contributed by atoms with Crippen LogP contribution in [0.4, 0.5) is 0 Å². The molecule has 2 aliphatic heterocycles. The van der Waals surface area contributed by atoms with Crippen LogP contribution < -0.4 is 10.0 Å². The summed E-state index contributed by atoms with van der Waals surface area (Å²) < 4.78 is 39.6. The summed E-state index contributed by atoms with van der Waals surface area (Å²) in [7, 11) is -3.42. The van der Waals surface area contributed by atoms with Gasteiger partial charge in [0.2, 0.25) is 0 Å². The molecule has 0 saturated carbocycles. The zero-order valence-corrected chi connectivity index (χ0v) is 13.5. The molecule has 2 fully saturated rings. The van der Waals surface area contributed by atoms with E-state index in [1.807, 2.05) is 0 Å². The van der Waals surface area contributed by atoms with Gasteiger partial charge in [-0.05, 0) is 31.8 Å². The third kappa shape index (κ3) is 5.46. The van der Waals surface area contributed by atoms with Crippen LogP contribution >= 0.6 is 0 Å². The molecule has 0 bridgehead atoms. The number of nitrogens with one attached hydrogen (secondary N) is 2. The van der Waals surface area contributed by atoms with E-state index in [2.05, 4.69) is 17.0 Å². The Morgan fingerprint density at radius 3 is 2.86 bits per heavy atom. The molecule has 0 radical (unpaired) electrons. The molecule has 0 aromatic rings. The maximum atomic E-state index is 12.3. The molecule has 0 aromatic carbocycles. The summed E-state index contributed by atoms with van der Waals surface area (Å²) in [5.74, 6) is 0.393. The van der Waals surface area contributed by atoms with Crippen molar-refractivity contribution in [3.8, 4) is 0 Å². The van der Waals surface area contributed by atoms with E-state index < -0.39 is 10.2 Å². The van der Waals surface area contributed by atoms with Crippen LogP contribution in [0, 0.1) is 5.92 Å². The highest BCUT2D eigenvalue weighted by Crippen LogP contribution is 2.18. The Morgan fingerprint density at radius 1 is 1.29 bits per heavy atom. The van der Waals surface area contributed by atoms with Crippen molar-refractivity contribution in [1.82, 2.24) is 14.3 Å². The van der Waals surface area contributed by atoms with Gasteiger partial charge in [-0.15, -0.1) is 0 Å². The molecule has 2 aliphatic rings. The van der Waals surface area contributed by atoms with E-state index in [1.54, 1.807) is 4.31 Å². The van der Waals surface area contributed by atoms with E-state index >= 15 is 0 Å². The van der Waals surface area contributed by atoms with Crippen molar-refractivity contribution in [3.63, 3.8) is 0 Å². The fourth-order valence-electron chi connectivity index (χ4n) is 2.70. The van der Waals surface area contributed by atoms with Crippen molar-refractivity contribution >= 4 is 10.2 Å². The molecule has 7 nitrogen and oxygen atoms in total. The molecular formula is C13H27N3O4S. The molecule has 124 valence electrons. The average molecular weight is 321 g/mol. The van der Waals surface area contributed by atoms with Gasteiger partial charge < -0.3 is 14.8 Å². The molecule has 0 spiro atoms. The first-order valence-corrected chi connectivity index (χ1v) is 9.20. The Kier molecular flexibility index (Phi) is 6.84. The first-order valence-electron chi connectivity index (χ1n) is 7.76. The van der Waals surface area contributed by atoms with Gasteiger partial charge in [0.15, 0.2) is 0 Å². The number of piperidine rings is 1. The van der Waals surface area contributed by atoms with Crippen LogP contribution in [0.2, 0.25) is 0 Å². The van der Waals surface area contributed by atoms with Gasteiger partial charge in [-0.3, -0.25) is 0 Å². The lowest BCUT2D eigenvalue weighted by Crippen LogP contribution is -2.50. The van der Waals surface area contributed by atoms with Crippen LogP contribution in [0.1, 0.15) is 19.8 Å². The fourth-order valence-corrected chi connectivity index (χ4v) is 4.06. The van der Waals surface area contributed by atoms with Gasteiger partial charge in [-0.1, -0.05) is 6.92 Å². The summed E-state index contributed by atoms with van der Waals surface area (Å²) in [6.45, 7) is 6.88. The lowest BCUT2D eigenvalue weighted by molar-refractivity contribution is -0.0847. The minimum atomic E-state index is -3.42. The highest BCUT2D eigenvalue weighted by molar-refractivity contribution is 7.87. The molecule has 21 heavy (non-hydrogen) atoms. The summed E-state index contributed by atoms with van der Waals surface area (Å²) in [4.78, 5) is 0. The first-order chi connectivity index (χ1) is 10.1. The zero-order chi connectivity index (χ0) is 15.1. The van der Waals surface area contributed by atoms with E-state index in [4.69, 9.17) is 9.47 Å². The van der Waals surface area contributed by atoms with Crippen molar-refractivity contribution in [3.05, 3.63) is 0 Å². The smallest absolute Gasteiger partial charge is 0.279 e. The van der Waals surface area contributed by atoms with Gasteiger partial charge in [0.1, 0.15) is 0 Å². The van der Waals surface area contributed by atoms with E-state index in [0.29, 0.717) is 38.8 Å². The minimum Gasteiger partial charge on any atom is -0.376 e. The third-order valence-electron chi connectivity index (χ3n) is 3.88. The van der Waals surface area contributed by atoms with Gasteiger partial charge >= 0.3 is 0 Å². The van der Waals surface area contributed by atoms with Crippen LogP contribution in [0.3, 0.4) is 0 Å². The fraction of sp³-hybridized carbons (Fsp3) is 1.00. The molecule has 2 heterocycles. The average Bonchev–Trinajstić information content (AvgIpc) is 2.52. The molecule has 0 aromatic heterocycles. The molecule has 2 rings (SSSR count). The highest BCUT2D eigenvalue weighted by atomic mass is 32.2. The Morgan fingerprint density at radius 2 is 2.14 bits per heavy atom. The second kappa shape index (κ2) is 8.40. The van der Waals surface area contributed by atoms with E-state index in [0.717, 1.165) is 25.9 Å².